The summed E-state index contributed by atoms with van der Waals surface area (Å²) in [5.41, 5.74) is 3.42. The number of aromatic amines is 2. The lowest BCUT2D eigenvalue weighted by atomic mass is 10.1. The predicted octanol–water partition coefficient (Wildman–Crippen LogP) is 2.74. The van der Waals surface area contributed by atoms with Gasteiger partial charge in [-0.05, 0) is 23.8 Å². The van der Waals surface area contributed by atoms with Crippen LogP contribution in [0.1, 0.15) is 16.1 Å². The van der Waals surface area contributed by atoms with Gasteiger partial charge in [0.05, 0.1) is 6.42 Å². The number of amides is 2. The molecule has 0 aliphatic rings. The Morgan fingerprint density at radius 2 is 1.63 bits per heavy atom. The average molecular weight is 360 g/mol. The third kappa shape index (κ3) is 3.69. The van der Waals surface area contributed by atoms with Crippen LogP contribution < -0.4 is 10.6 Å². The summed E-state index contributed by atoms with van der Waals surface area (Å²) in [6.07, 6.45) is 2.17. The zero-order valence-electron chi connectivity index (χ0n) is 14.7. The van der Waals surface area contributed by atoms with Crippen LogP contribution >= 0.6 is 0 Å². The highest BCUT2D eigenvalue weighted by molar-refractivity contribution is 5.98. The van der Waals surface area contributed by atoms with Gasteiger partial charge in [0.1, 0.15) is 5.69 Å². The van der Waals surface area contributed by atoms with Gasteiger partial charge in [0.2, 0.25) is 5.91 Å². The predicted molar refractivity (Wildman–Crippen MR) is 106 cm³/mol. The Labute approximate surface area is 156 Å². The zero-order valence-corrected chi connectivity index (χ0v) is 14.7. The normalized spacial score (nSPS) is 11.0. The minimum absolute atomic E-state index is 0.0698. The molecule has 6 heteroatoms. The molecule has 0 atom stereocenters. The van der Waals surface area contributed by atoms with E-state index in [2.05, 4.69) is 20.6 Å². The van der Waals surface area contributed by atoms with Crippen molar-refractivity contribution in [1.82, 2.24) is 20.6 Å². The van der Waals surface area contributed by atoms with Crippen molar-refractivity contribution >= 4 is 33.6 Å². The number of rotatable bonds is 6. The molecule has 4 N–H and O–H groups in total. The van der Waals surface area contributed by atoms with Gasteiger partial charge in [0.25, 0.3) is 5.91 Å². The molecule has 4 rings (SSSR count). The second kappa shape index (κ2) is 7.37. The molecule has 4 aromatic rings. The van der Waals surface area contributed by atoms with E-state index in [-0.39, 0.29) is 11.8 Å². The third-order valence-corrected chi connectivity index (χ3v) is 4.53. The molecule has 2 aromatic heterocycles. The van der Waals surface area contributed by atoms with Gasteiger partial charge in [-0.3, -0.25) is 9.59 Å². The van der Waals surface area contributed by atoms with Crippen LogP contribution in [0, 0.1) is 0 Å². The van der Waals surface area contributed by atoms with Gasteiger partial charge in [0, 0.05) is 41.1 Å². The number of fused-ring (bicyclic) bond motifs is 2. The van der Waals surface area contributed by atoms with E-state index in [4.69, 9.17) is 0 Å². The average Bonchev–Trinajstić information content (AvgIpc) is 3.29. The smallest absolute Gasteiger partial charge is 0.267 e. The molecule has 0 fully saturated rings. The SMILES string of the molecule is O=C(Cc1c[nH]c2ccccc12)NCCNC(=O)c1cc2ccccc2[nH]1. The number of aromatic nitrogens is 2. The monoisotopic (exact) mass is 360 g/mol. The van der Waals surface area contributed by atoms with E-state index >= 15 is 0 Å². The number of hydrogen-bond donors (Lipinski definition) is 4. The molecule has 136 valence electrons. The fourth-order valence-corrected chi connectivity index (χ4v) is 3.18. The van der Waals surface area contributed by atoms with Gasteiger partial charge in [-0.1, -0.05) is 36.4 Å². The molecular formula is C21H20N4O2. The summed E-state index contributed by atoms with van der Waals surface area (Å²) < 4.78 is 0. The molecular weight excluding hydrogens is 340 g/mol. The summed E-state index contributed by atoms with van der Waals surface area (Å²) in [7, 11) is 0. The first-order chi connectivity index (χ1) is 13.2. The Balaban J connectivity index is 1.26. The van der Waals surface area contributed by atoms with Crippen LogP contribution in [-0.2, 0) is 11.2 Å². The number of carbonyl (C=O) groups excluding carboxylic acids is 2. The van der Waals surface area contributed by atoms with Crippen LogP contribution in [-0.4, -0.2) is 34.9 Å². The number of para-hydroxylation sites is 2. The highest BCUT2D eigenvalue weighted by Crippen LogP contribution is 2.18. The molecule has 2 aromatic carbocycles. The van der Waals surface area contributed by atoms with Gasteiger partial charge in [-0.25, -0.2) is 0 Å². The molecule has 0 aliphatic carbocycles. The van der Waals surface area contributed by atoms with E-state index in [9.17, 15) is 9.59 Å². The van der Waals surface area contributed by atoms with Gasteiger partial charge in [0.15, 0.2) is 0 Å². The summed E-state index contributed by atoms with van der Waals surface area (Å²) >= 11 is 0. The standard InChI is InChI=1S/C21H20N4O2/c26-20(12-15-13-24-18-8-4-2-6-16(15)18)22-9-10-23-21(27)19-11-14-5-1-3-7-17(14)25-19/h1-8,11,13,24-25H,9-10,12H2,(H,22,26)(H,23,27). The van der Waals surface area contributed by atoms with Gasteiger partial charge >= 0.3 is 0 Å². The van der Waals surface area contributed by atoms with E-state index in [1.165, 1.54) is 0 Å². The van der Waals surface area contributed by atoms with Crippen molar-refractivity contribution in [3.8, 4) is 0 Å². The fraction of sp³-hybridized carbons (Fsp3) is 0.143. The number of H-pyrrole nitrogens is 2. The minimum Gasteiger partial charge on any atom is -0.361 e. The Kier molecular flexibility index (Phi) is 4.61. The molecule has 0 aliphatic heterocycles. The molecule has 6 nitrogen and oxygen atoms in total. The molecule has 2 heterocycles. The minimum atomic E-state index is -0.183. The van der Waals surface area contributed by atoms with E-state index in [0.29, 0.717) is 25.2 Å². The van der Waals surface area contributed by atoms with E-state index in [0.717, 1.165) is 27.4 Å². The zero-order chi connectivity index (χ0) is 18.6. The first-order valence-corrected chi connectivity index (χ1v) is 8.88. The molecule has 0 spiro atoms. The summed E-state index contributed by atoms with van der Waals surface area (Å²) in [5.74, 6) is -0.253. The second-order valence-electron chi connectivity index (χ2n) is 6.41. The molecule has 2 amide bonds. The Bertz CT molecular complexity index is 1080. The molecule has 0 saturated heterocycles. The first kappa shape index (κ1) is 16.9. The van der Waals surface area contributed by atoms with Gasteiger partial charge in [-0.2, -0.15) is 0 Å². The van der Waals surface area contributed by atoms with Crippen LogP contribution in [0.3, 0.4) is 0 Å². The Morgan fingerprint density at radius 3 is 2.48 bits per heavy atom. The van der Waals surface area contributed by atoms with Gasteiger partial charge < -0.3 is 20.6 Å². The van der Waals surface area contributed by atoms with Crippen molar-refractivity contribution in [2.75, 3.05) is 13.1 Å². The number of nitrogens with one attached hydrogen (secondary N) is 4. The largest absolute Gasteiger partial charge is 0.361 e. The highest BCUT2D eigenvalue weighted by atomic mass is 16.2. The number of carbonyl (C=O) groups is 2. The summed E-state index contributed by atoms with van der Waals surface area (Å²) in [6, 6.07) is 17.4. The maximum absolute atomic E-state index is 12.2. The van der Waals surface area contributed by atoms with Crippen molar-refractivity contribution < 1.29 is 9.59 Å². The van der Waals surface area contributed by atoms with Crippen molar-refractivity contribution in [3.05, 3.63) is 72.1 Å². The molecule has 0 bridgehead atoms. The van der Waals surface area contributed by atoms with E-state index in [1.54, 1.807) is 0 Å². The summed E-state index contributed by atoms with van der Waals surface area (Å²) in [6.45, 7) is 0.751. The maximum Gasteiger partial charge on any atom is 0.267 e. The Morgan fingerprint density at radius 1 is 0.889 bits per heavy atom. The van der Waals surface area contributed by atoms with Gasteiger partial charge in [-0.15, -0.1) is 0 Å². The summed E-state index contributed by atoms with van der Waals surface area (Å²) in [5, 5.41) is 7.70. The highest BCUT2D eigenvalue weighted by Gasteiger charge is 2.10. The van der Waals surface area contributed by atoms with Crippen molar-refractivity contribution in [3.63, 3.8) is 0 Å². The molecule has 0 saturated carbocycles. The molecule has 0 unspecified atom stereocenters. The van der Waals surface area contributed by atoms with Crippen LogP contribution in [0.25, 0.3) is 21.8 Å². The Hall–Kier alpha value is -3.54. The lowest BCUT2D eigenvalue weighted by Crippen LogP contribution is -2.35. The molecule has 27 heavy (non-hydrogen) atoms. The van der Waals surface area contributed by atoms with Crippen molar-refractivity contribution in [2.24, 2.45) is 0 Å². The fourth-order valence-electron chi connectivity index (χ4n) is 3.18. The van der Waals surface area contributed by atoms with Crippen molar-refractivity contribution in [2.45, 2.75) is 6.42 Å². The summed E-state index contributed by atoms with van der Waals surface area (Å²) in [4.78, 5) is 30.6. The van der Waals surface area contributed by atoms with E-state index in [1.807, 2.05) is 60.8 Å². The lowest BCUT2D eigenvalue weighted by molar-refractivity contribution is -0.120. The number of benzene rings is 2. The number of hydrogen-bond acceptors (Lipinski definition) is 2. The van der Waals surface area contributed by atoms with Crippen LogP contribution in [0.4, 0.5) is 0 Å². The van der Waals surface area contributed by atoms with Crippen LogP contribution in [0.15, 0.2) is 60.8 Å². The van der Waals surface area contributed by atoms with Crippen LogP contribution in [0.2, 0.25) is 0 Å². The molecule has 0 radical (unpaired) electrons. The first-order valence-electron chi connectivity index (χ1n) is 8.88. The third-order valence-electron chi connectivity index (χ3n) is 4.53. The van der Waals surface area contributed by atoms with Crippen molar-refractivity contribution in [1.29, 1.82) is 0 Å². The maximum atomic E-state index is 12.2. The second-order valence-corrected chi connectivity index (χ2v) is 6.41. The van der Waals surface area contributed by atoms with Crippen LogP contribution in [0.5, 0.6) is 0 Å². The lowest BCUT2D eigenvalue weighted by Gasteiger charge is -2.06. The topological polar surface area (TPSA) is 89.8 Å². The van der Waals surface area contributed by atoms with E-state index < -0.39 is 0 Å². The quantitative estimate of drug-likeness (QED) is 0.398.